The third-order valence-electron chi connectivity index (χ3n) is 3.19. The maximum atomic E-state index is 12.4. The van der Waals surface area contributed by atoms with Crippen molar-refractivity contribution in [3.05, 3.63) is 52.6 Å². The van der Waals surface area contributed by atoms with Crippen molar-refractivity contribution in [3.63, 3.8) is 0 Å². The van der Waals surface area contributed by atoms with E-state index in [0.29, 0.717) is 0 Å². The van der Waals surface area contributed by atoms with Crippen molar-refractivity contribution in [2.45, 2.75) is 0 Å². The van der Waals surface area contributed by atoms with Gasteiger partial charge in [-0.25, -0.2) is 0 Å². The predicted octanol–water partition coefficient (Wildman–Crippen LogP) is 1.33. The summed E-state index contributed by atoms with van der Waals surface area (Å²) in [5.74, 6) is -0.907. The lowest BCUT2D eigenvalue weighted by atomic mass is 9.82. The molecule has 1 aliphatic carbocycles. The van der Waals surface area contributed by atoms with Crippen LogP contribution in [0, 0.1) is 0 Å². The van der Waals surface area contributed by atoms with Crippen LogP contribution in [-0.2, 0) is 0 Å². The maximum Gasteiger partial charge on any atom is 0.196 e. The lowest BCUT2D eigenvalue weighted by Crippen LogP contribution is -2.23. The number of anilines is 2. The van der Waals surface area contributed by atoms with E-state index in [1.165, 1.54) is 12.1 Å². The molecule has 1 aliphatic rings. The van der Waals surface area contributed by atoms with Crippen LogP contribution >= 0.6 is 0 Å². The fourth-order valence-corrected chi connectivity index (χ4v) is 2.36. The van der Waals surface area contributed by atoms with Gasteiger partial charge < -0.3 is 16.6 Å². The van der Waals surface area contributed by atoms with Crippen LogP contribution < -0.4 is 11.5 Å². The Kier molecular flexibility index (Phi) is 2.13. The van der Waals surface area contributed by atoms with Gasteiger partial charge in [0.2, 0.25) is 0 Å². The number of ketones is 2. The number of carbonyl (C=O) groups excluding carboxylic acids is 2. The normalized spacial score (nSPS) is 13.1. The molecule has 0 fully saturated rings. The zero-order chi connectivity index (χ0) is 13.7. The van der Waals surface area contributed by atoms with Crippen LogP contribution in [0.4, 0.5) is 11.4 Å². The Balaban J connectivity index is 2.40. The van der Waals surface area contributed by atoms with E-state index in [9.17, 15) is 14.7 Å². The average Bonchev–Trinajstić information content (AvgIpc) is 2.35. The monoisotopic (exact) mass is 254 g/mol. The van der Waals surface area contributed by atoms with Crippen molar-refractivity contribution in [1.82, 2.24) is 0 Å². The second-order valence-corrected chi connectivity index (χ2v) is 4.39. The molecule has 0 spiro atoms. The first-order valence-electron chi connectivity index (χ1n) is 5.61. The molecular formula is C14H10N2O3. The molecule has 0 bridgehead atoms. The molecule has 5 heteroatoms. The molecule has 2 aromatic rings. The molecule has 3 rings (SSSR count). The highest BCUT2D eigenvalue weighted by Crippen LogP contribution is 2.35. The van der Waals surface area contributed by atoms with E-state index in [-0.39, 0.29) is 45.2 Å². The van der Waals surface area contributed by atoms with E-state index in [0.717, 1.165) is 0 Å². The lowest BCUT2D eigenvalue weighted by Gasteiger charge is -2.20. The van der Waals surface area contributed by atoms with E-state index >= 15 is 0 Å². The summed E-state index contributed by atoms with van der Waals surface area (Å²) in [5.41, 5.74) is 12.4. The highest BCUT2D eigenvalue weighted by atomic mass is 16.3. The molecule has 0 amide bonds. The summed E-state index contributed by atoms with van der Waals surface area (Å²) in [6.45, 7) is 0. The minimum Gasteiger partial charge on any atom is -0.508 e. The number of hydrogen-bond donors (Lipinski definition) is 3. The van der Waals surface area contributed by atoms with Gasteiger partial charge in [-0.1, -0.05) is 12.1 Å². The van der Waals surface area contributed by atoms with Crippen LogP contribution in [0.3, 0.4) is 0 Å². The molecule has 0 radical (unpaired) electrons. The van der Waals surface area contributed by atoms with E-state index in [1.54, 1.807) is 18.2 Å². The predicted molar refractivity (Wildman–Crippen MR) is 70.2 cm³/mol. The summed E-state index contributed by atoms with van der Waals surface area (Å²) in [7, 11) is 0. The summed E-state index contributed by atoms with van der Waals surface area (Å²) in [5, 5.41) is 9.52. The van der Waals surface area contributed by atoms with Gasteiger partial charge >= 0.3 is 0 Å². The third-order valence-corrected chi connectivity index (χ3v) is 3.19. The first kappa shape index (κ1) is 11.3. The molecule has 0 atom stereocenters. The summed E-state index contributed by atoms with van der Waals surface area (Å²) in [6, 6.07) is 7.20. The van der Waals surface area contributed by atoms with Gasteiger partial charge in [0, 0.05) is 28.6 Å². The second-order valence-electron chi connectivity index (χ2n) is 4.39. The number of fused-ring (bicyclic) bond motifs is 2. The standard InChI is InChI=1S/C14H10N2O3/c15-9-3-1-2-7-11(9)14(19)8-4-6(17)5-10(16)12(8)13(7)18/h1-5,17H,15-16H2. The molecule has 0 saturated heterocycles. The number of hydrogen-bond acceptors (Lipinski definition) is 5. The maximum absolute atomic E-state index is 12.4. The number of phenols is 1. The summed E-state index contributed by atoms with van der Waals surface area (Å²) < 4.78 is 0. The summed E-state index contributed by atoms with van der Waals surface area (Å²) in [6.07, 6.45) is 0. The minimum atomic E-state index is -0.398. The largest absolute Gasteiger partial charge is 0.508 e. The number of rotatable bonds is 0. The molecule has 0 aliphatic heterocycles. The number of phenolic OH excluding ortho intramolecular Hbond substituents is 1. The molecule has 19 heavy (non-hydrogen) atoms. The Hall–Kier alpha value is -2.82. The van der Waals surface area contributed by atoms with Crippen molar-refractivity contribution >= 4 is 22.9 Å². The van der Waals surface area contributed by atoms with Crippen LogP contribution in [0.25, 0.3) is 0 Å². The van der Waals surface area contributed by atoms with Crippen LogP contribution in [0.1, 0.15) is 31.8 Å². The highest BCUT2D eigenvalue weighted by Gasteiger charge is 2.33. The SMILES string of the molecule is Nc1cccc2c1C(=O)c1cc(O)cc(N)c1C2=O. The number of carbonyl (C=O) groups is 2. The van der Waals surface area contributed by atoms with Crippen molar-refractivity contribution in [1.29, 1.82) is 0 Å². The third kappa shape index (κ3) is 1.41. The van der Waals surface area contributed by atoms with Gasteiger partial charge in [0.25, 0.3) is 0 Å². The lowest BCUT2D eigenvalue weighted by molar-refractivity contribution is 0.0980. The Morgan fingerprint density at radius 2 is 1.47 bits per heavy atom. The van der Waals surface area contributed by atoms with Crippen molar-refractivity contribution in [2.75, 3.05) is 11.5 Å². The van der Waals surface area contributed by atoms with Gasteiger partial charge in [0.1, 0.15) is 5.75 Å². The van der Waals surface area contributed by atoms with Crippen LogP contribution in [0.2, 0.25) is 0 Å². The molecule has 94 valence electrons. The number of benzene rings is 2. The van der Waals surface area contributed by atoms with Crippen molar-refractivity contribution in [2.24, 2.45) is 0 Å². The van der Waals surface area contributed by atoms with Crippen LogP contribution in [-0.4, -0.2) is 16.7 Å². The first-order chi connectivity index (χ1) is 9.00. The highest BCUT2D eigenvalue weighted by molar-refractivity contribution is 6.31. The van der Waals surface area contributed by atoms with Gasteiger partial charge in [-0.15, -0.1) is 0 Å². The average molecular weight is 254 g/mol. The molecule has 0 saturated carbocycles. The van der Waals surface area contributed by atoms with E-state index < -0.39 is 5.78 Å². The second kappa shape index (κ2) is 3.58. The summed E-state index contributed by atoms with van der Waals surface area (Å²) in [4.78, 5) is 24.7. The smallest absolute Gasteiger partial charge is 0.196 e. The summed E-state index contributed by atoms with van der Waals surface area (Å²) >= 11 is 0. The Bertz CT molecular complexity index is 751. The Morgan fingerprint density at radius 3 is 2.21 bits per heavy atom. The van der Waals surface area contributed by atoms with Gasteiger partial charge in [0.15, 0.2) is 11.6 Å². The fourth-order valence-electron chi connectivity index (χ4n) is 2.36. The van der Waals surface area contributed by atoms with E-state index in [4.69, 9.17) is 11.5 Å². The van der Waals surface area contributed by atoms with E-state index in [2.05, 4.69) is 0 Å². The molecule has 0 aromatic heterocycles. The molecular weight excluding hydrogens is 244 g/mol. The Labute approximate surface area is 108 Å². The van der Waals surface area contributed by atoms with Gasteiger partial charge in [-0.05, 0) is 12.1 Å². The minimum absolute atomic E-state index is 0.0847. The molecule has 0 unspecified atom stereocenters. The van der Waals surface area contributed by atoms with Crippen LogP contribution in [0.15, 0.2) is 30.3 Å². The fraction of sp³-hybridized carbons (Fsp3) is 0. The molecule has 5 N–H and O–H groups in total. The molecule has 2 aromatic carbocycles. The quantitative estimate of drug-likeness (QED) is 0.525. The van der Waals surface area contributed by atoms with Crippen molar-refractivity contribution in [3.8, 4) is 5.75 Å². The topological polar surface area (TPSA) is 106 Å². The van der Waals surface area contributed by atoms with Gasteiger partial charge in [-0.3, -0.25) is 9.59 Å². The first-order valence-corrected chi connectivity index (χ1v) is 5.61. The zero-order valence-electron chi connectivity index (χ0n) is 9.81. The number of aromatic hydroxyl groups is 1. The number of nitrogens with two attached hydrogens (primary N) is 2. The van der Waals surface area contributed by atoms with Crippen LogP contribution in [0.5, 0.6) is 5.75 Å². The van der Waals surface area contributed by atoms with E-state index in [1.807, 2.05) is 0 Å². The van der Waals surface area contributed by atoms with Gasteiger partial charge in [0.05, 0.1) is 11.1 Å². The number of nitrogen functional groups attached to an aromatic ring is 2. The van der Waals surface area contributed by atoms with Gasteiger partial charge in [-0.2, -0.15) is 0 Å². The zero-order valence-corrected chi connectivity index (χ0v) is 9.81. The Morgan fingerprint density at radius 1 is 0.842 bits per heavy atom. The molecule has 5 nitrogen and oxygen atoms in total. The van der Waals surface area contributed by atoms with Crippen molar-refractivity contribution < 1.29 is 14.7 Å². The molecule has 0 heterocycles.